The Morgan fingerprint density at radius 3 is 2.71 bits per heavy atom. The lowest BCUT2D eigenvalue weighted by Gasteiger charge is -1.69. The lowest BCUT2D eigenvalue weighted by Crippen LogP contribution is -1.56. The molecule has 1 aromatic heterocycles. The zero-order valence-electron chi connectivity index (χ0n) is 3.88. The van der Waals surface area contributed by atoms with Crippen LogP contribution in [0.4, 0.5) is 0 Å². The van der Waals surface area contributed by atoms with Crippen LogP contribution in [0.15, 0.2) is 6.20 Å². The summed E-state index contributed by atoms with van der Waals surface area (Å²) in [5.74, 6) is 0. The molecule has 0 aliphatic heterocycles. The number of hydrogen-bond donors (Lipinski definition) is 1. The molecular formula is C4H5NOS. The molecule has 0 aliphatic rings. The van der Waals surface area contributed by atoms with E-state index in [1.165, 1.54) is 17.5 Å². The minimum atomic E-state index is 0.289. The summed E-state index contributed by atoms with van der Waals surface area (Å²) in [6.07, 6.45) is 1.44. The van der Waals surface area contributed by atoms with Gasteiger partial charge in [0.15, 0.2) is 5.06 Å². The highest BCUT2D eigenvalue weighted by Crippen LogP contribution is 2.16. The molecule has 0 saturated carbocycles. The first kappa shape index (κ1) is 4.59. The highest BCUT2D eigenvalue weighted by Gasteiger charge is 1.88. The summed E-state index contributed by atoms with van der Waals surface area (Å²) in [5.41, 5.74) is 0. The van der Waals surface area contributed by atoms with Crippen molar-refractivity contribution in [3.05, 3.63) is 11.2 Å². The lowest BCUT2D eigenvalue weighted by atomic mass is 10.8. The summed E-state index contributed by atoms with van der Waals surface area (Å²) in [4.78, 5) is 3.78. The predicted molar refractivity (Wildman–Crippen MR) is 28.5 cm³/mol. The number of aromatic hydroxyl groups is 1. The van der Waals surface area contributed by atoms with Gasteiger partial charge in [0.2, 0.25) is 0 Å². The first-order chi connectivity index (χ1) is 3.29. The van der Waals surface area contributed by atoms with Gasteiger partial charge >= 0.3 is 0 Å². The fourth-order valence-electron chi connectivity index (χ4n) is 0.350. The molecule has 0 atom stereocenters. The van der Waals surface area contributed by atoms with E-state index in [-0.39, 0.29) is 5.06 Å². The molecule has 0 aliphatic carbocycles. The molecule has 0 amide bonds. The van der Waals surface area contributed by atoms with Crippen LogP contribution in [0.25, 0.3) is 0 Å². The third-order valence-corrected chi connectivity index (χ3v) is 1.32. The van der Waals surface area contributed by atoms with Crippen molar-refractivity contribution in [3.63, 3.8) is 0 Å². The zero-order chi connectivity index (χ0) is 5.28. The van der Waals surface area contributed by atoms with Crippen LogP contribution in [-0.2, 0) is 0 Å². The van der Waals surface area contributed by atoms with Gasteiger partial charge in [-0.25, -0.2) is 4.98 Å². The monoisotopic (exact) mass is 115 g/mol. The third kappa shape index (κ3) is 0.899. The van der Waals surface area contributed by atoms with E-state index in [1.807, 2.05) is 6.92 Å². The number of aryl methyl sites for hydroxylation is 1. The van der Waals surface area contributed by atoms with Gasteiger partial charge in [-0.1, -0.05) is 11.3 Å². The average Bonchev–Trinajstić information content (AvgIpc) is 1.87. The Morgan fingerprint density at radius 2 is 2.57 bits per heavy atom. The molecular weight excluding hydrogens is 110 g/mol. The third-order valence-electron chi connectivity index (χ3n) is 0.609. The normalized spacial score (nSPS) is 9.29. The Balaban J connectivity index is 3.04. The second kappa shape index (κ2) is 1.50. The van der Waals surface area contributed by atoms with Gasteiger partial charge in [0, 0.05) is 0 Å². The van der Waals surface area contributed by atoms with Crippen LogP contribution in [0.1, 0.15) is 5.01 Å². The standard InChI is InChI=1S/C4H5NOS/c1-3-5-2-4(6)7-3/h2,6H,1H3. The Kier molecular flexibility index (Phi) is 0.982. The fourth-order valence-corrected chi connectivity index (χ4v) is 0.864. The molecule has 0 saturated heterocycles. The number of nitrogens with zero attached hydrogens (tertiary/aromatic N) is 1. The van der Waals surface area contributed by atoms with Crippen LogP contribution in [-0.4, -0.2) is 10.1 Å². The van der Waals surface area contributed by atoms with Gasteiger partial charge in [-0.2, -0.15) is 0 Å². The van der Waals surface area contributed by atoms with E-state index in [4.69, 9.17) is 5.11 Å². The largest absolute Gasteiger partial charge is 0.498 e. The minimum absolute atomic E-state index is 0.289. The average molecular weight is 115 g/mol. The van der Waals surface area contributed by atoms with E-state index in [0.717, 1.165) is 5.01 Å². The summed E-state index contributed by atoms with van der Waals surface area (Å²) in [6, 6.07) is 0. The van der Waals surface area contributed by atoms with Gasteiger partial charge in [-0.3, -0.25) is 0 Å². The van der Waals surface area contributed by atoms with Crippen molar-refractivity contribution < 1.29 is 5.11 Å². The van der Waals surface area contributed by atoms with Crippen molar-refractivity contribution >= 4 is 11.3 Å². The van der Waals surface area contributed by atoms with Crippen LogP contribution in [0.5, 0.6) is 5.06 Å². The Morgan fingerprint density at radius 1 is 1.86 bits per heavy atom. The summed E-state index contributed by atoms with van der Waals surface area (Å²) in [7, 11) is 0. The molecule has 1 heterocycles. The van der Waals surface area contributed by atoms with Crippen LogP contribution >= 0.6 is 11.3 Å². The maximum atomic E-state index is 8.61. The van der Waals surface area contributed by atoms with Crippen molar-refractivity contribution in [2.75, 3.05) is 0 Å². The van der Waals surface area contributed by atoms with Crippen molar-refractivity contribution in [1.29, 1.82) is 0 Å². The molecule has 1 aromatic rings. The topological polar surface area (TPSA) is 33.1 Å². The molecule has 7 heavy (non-hydrogen) atoms. The number of aromatic nitrogens is 1. The summed E-state index contributed by atoms with van der Waals surface area (Å²) >= 11 is 1.29. The maximum Gasteiger partial charge on any atom is 0.191 e. The zero-order valence-corrected chi connectivity index (χ0v) is 4.70. The smallest absolute Gasteiger partial charge is 0.191 e. The quantitative estimate of drug-likeness (QED) is 0.550. The van der Waals surface area contributed by atoms with Gasteiger partial charge in [-0.05, 0) is 6.92 Å². The Hall–Kier alpha value is -0.570. The van der Waals surface area contributed by atoms with Crippen molar-refractivity contribution in [1.82, 2.24) is 4.98 Å². The van der Waals surface area contributed by atoms with Crippen molar-refractivity contribution in [2.45, 2.75) is 6.92 Å². The summed E-state index contributed by atoms with van der Waals surface area (Å²) in [6.45, 7) is 1.85. The molecule has 0 radical (unpaired) electrons. The van der Waals surface area contributed by atoms with Gasteiger partial charge in [0.1, 0.15) is 0 Å². The molecule has 1 rings (SSSR count). The second-order valence-corrected chi connectivity index (χ2v) is 2.43. The molecule has 2 nitrogen and oxygen atoms in total. The van der Waals surface area contributed by atoms with Crippen molar-refractivity contribution in [2.24, 2.45) is 0 Å². The van der Waals surface area contributed by atoms with Gasteiger partial charge < -0.3 is 5.11 Å². The first-order valence-corrected chi connectivity index (χ1v) is 2.72. The predicted octanol–water partition coefficient (Wildman–Crippen LogP) is 1.16. The van der Waals surface area contributed by atoms with Gasteiger partial charge in [-0.15, -0.1) is 0 Å². The Bertz CT molecular complexity index is 144. The summed E-state index contributed by atoms with van der Waals surface area (Å²) in [5, 5.41) is 9.80. The molecule has 0 unspecified atom stereocenters. The fraction of sp³-hybridized carbons (Fsp3) is 0.250. The molecule has 0 spiro atoms. The SMILES string of the molecule is Cc1ncc(O)s1. The molecule has 38 valence electrons. The Labute approximate surface area is 45.5 Å². The maximum absolute atomic E-state index is 8.61. The van der Waals surface area contributed by atoms with E-state index in [9.17, 15) is 0 Å². The summed E-state index contributed by atoms with van der Waals surface area (Å²) < 4.78 is 0. The number of rotatable bonds is 0. The van der Waals surface area contributed by atoms with Crippen LogP contribution in [0, 0.1) is 6.92 Å². The van der Waals surface area contributed by atoms with Crippen LogP contribution in [0.3, 0.4) is 0 Å². The highest BCUT2D eigenvalue weighted by atomic mass is 32.1. The molecule has 0 fully saturated rings. The van der Waals surface area contributed by atoms with Gasteiger partial charge in [0.05, 0.1) is 11.2 Å². The minimum Gasteiger partial charge on any atom is -0.498 e. The van der Waals surface area contributed by atoms with Gasteiger partial charge in [0.25, 0.3) is 0 Å². The van der Waals surface area contributed by atoms with E-state index in [2.05, 4.69) is 4.98 Å². The van der Waals surface area contributed by atoms with Crippen LogP contribution in [0.2, 0.25) is 0 Å². The number of hydrogen-bond acceptors (Lipinski definition) is 3. The first-order valence-electron chi connectivity index (χ1n) is 1.90. The van der Waals surface area contributed by atoms with E-state index < -0.39 is 0 Å². The molecule has 0 aromatic carbocycles. The highest BCUT2D eigenvalue weighted by molar-refractivity contribution is 7.13. The van der Waals surface area contributed by atoms with E-state index in [1.54, 1.807) is 0 Å². The van der Waals surface area contributed by atoms with Crippen LogP contribution < -0.4 is 0 Å². The second-order valence-electron chi connectivity index (χ2n) is 1.22. The molecule has 1 N–H and O–H groups in total. The van der Waals surface area contributed by atoms with E-state index in [0.29, 0.717) is 0 Å². The van der Waals surface area contributed by atoms with Crippen molar-refractivity contribution in [3.8, 4) is 5.06 Å². The molecule has 3 heteroatoms. The molecule has 0 bridgehead atoms. The van der Waals surface area contributed by atoms with E-state index >= 15 is 0 Å². The number of thiazole rings is 1. The lowest BCUT2D eigenvalue weighted by molar-refractivity contribution is 0.489.